The summed E-state index contributed by atoms with van der Waals surface area (Å²) < 4.78 is 0. The van der Waals surface area contributed by atoms with Gasteiger partial charge in [-0.3, -0.25) is 9.59 Å². The minimum atomic E-state index is -0.571. The molecule has 0 unspecified atom stereocenters. The molecule has 5 nitrogen and oxygen atoms in total. The molecule has 1 heterocycles. The van der Waals surface area contributed by atoms with Crippen LogP contribution in [0.15, 0.2) is 11.4 Å². The Balaban J connectivity index is 2.68. The maximum atomic E-state index is 11.7. The lowest BCUT2D eigenvalue weighted by atomic mass is 10.0. The molecule has 2 amide bonds. The van der Waals surface area contributed by atoms with Crippen LogP contribution in [0.25, 0.3) is 0 Å². The highest BCUT2D eigenvalue weighted by molar-refractivity contribution is 7.14. The highest BCUT2D eigenvalue weighted by Crippen LogP contribution is 2.22. The largest absolute Gasteiger partial charge is 0.366 e. The first kappa shape index (κ1) is 13.7. The molecule has 1 aromatic heterocycles. The van der Waals surface area contributed by atoms with Crippen LogP contribution in [0.1, 0.15) is 30.6 Å². The molecule has 0 spiro atoms. The second kappa shape index (κ2) is 5.79. The van der Waals surface area contributed by atoms with E-state index in [1.807, 2.05) is 13.8 Å². The molecule has 6 heteroatoms. The summed E-state index contributed by atoms with van der Waals surface area (Å²) in [7, 11) is 0. The van der Waals surface area contributed by atoms with Crippen LogP contribution in [0.3, 0.4) is 0 Å². The molecular weight excluding hydrogens is 238 g/mol. The predicted molar refractivity (Wildman–Crippen MR) is 68.9 cm³/mol. The molecule has 1 aromatic rings. The molecule has 0 saturated heterocycles. The van der Waals surface area contributed by atoms with Crippen molar-refractivity contribution in [3.63, 3.8) is 0 Å². The van der Waals surface area contributed by atoms with Gasteiger partial charge in [0.1, 0.15) is 5.00 Å². The highest BCUT2D eigenvalue weighted by Gasteiger charge is 2.18. The molecule has 0 radical (unpaired) electrons. The van der Waals surface area contributed by atoms with Crippen molar-refractivity contribution < 1.29 is 9.59 Å². The van der Waals surface area contributed by atoms with Crippen LogP contribution in [0, 0.1) is 5.92 Å². The molecule has 17 heavy (non-hydrogen) atoms. The first-order chi connectivity index (χ1) is 7.91. The van der Waals surface area contributed by atoms with Gasteiger partial charge in [-0.2, -0.15) is 0 Å². The van der Waals surface area contributed by atoms with Gasteiger partial charge in [0.2, 0.25) is 5.91 Å². The number of carbonyl (C=O) groups excluding carboxylic acids is 2. The van der Waals surface area contributed by atoms with Crippen molar-refractivity contribution in [2.45, 2.75) is 26.3 Å². The summed E-state index contributed by atoms with van der Waals surface area (Å²) >= 11 is 1.25. The quantitative estimate of drug-likeness (QED) is 0.736. The zero-order valence-electron chi connectivity index (χ0n) is 9.90. The molecule has 0 aliphatic carbocycles. The van der Waals surface area contributed by atoms with E-state index in [1.54, 1.807) is 11.4 Å². The monoisotopic (exact) mass is 255 g/mol. The van der Waals surface area contributed by atoms with Crippen molar-refractivity contribution in [3.05, 3.63) is 17.0 Å². The number of anilines is 1. The number of carbonyl (C=O) groups is 2. The highest BCUT2D eigenvalue weighted by atomic mass is 32.1. The first-order valence-electron chi connectivity index (χ1n) is 5.35. The van der Waals surface area contributed by atoms with E-state index < -0.39 is 11.9 Å². The minimum absolute atomic E-state index is 0.288. The van der Waals surface area contributed by atoms with Gasteiger partial charge in [0.05, 0.1) is 11.6 Å². The third-order valence-electron chi connectivity index (χ3n) is 2.23. The van der Waals surface area contributed by atoms with Crippen LogP contribution < -0.4 is 16.8 Å². The third-order valence-corrected chi connectivity index (χ3v) is 3.06. The second-order valence-electron chi connectivity index (χ2n) is 4.25. The molecule has 0 aliphatic rings. The Labute approximate surface area is 104 Å². The summed E-state index contributed by atoms with van der Waals surface area (Å²) in [6.07, 6.45) is 0.600. The fourth-order valence-electron chi connectivity index (χ4n) is 1.42. The maximum Gasteiger partial charge on any atom is 0.251 e. The Bertz CT molecular complexity index is 415. The van der Waals surface area contributed by atoms with Gasteiger partial charge in [-0.05, 0) is 23.8 Å². The van der Waals surface area contributed by atoms with E-state index in [0.29, 0.717) is 22.9 Å². The number of hydrogen-bond donors (Lipinski definition) is 3. The van der Waals surface area contributed by atoms with Gasteiger partial charge in [0.15, 0.2) is 0 Å². The van der Waals surface area contributed by atoms with E-state index in [-0.39, 0.29) is 5.91 Å². The summed E-state index contributed by atoms with van der Waals surface area (Å²) in [6, 6.07) is 1.01. The average molecular weight is 255 g/mol. The van der Waals surface area contributed by atoms with Crippen LogP contribution in [0.5, 0.6) is 0 Å². The van der Waals surface area contributed by atoms with Crippen LogP contribution >= 0.6 is 11.3 Å². The number of rotatable bonds is 5. The predicted octanol–water partition coefficient (Wildman–Crippen LogP) is 1.16. The maximum absolute atomic E-state index is 11.7. The molecule has 1 rings (SSSR count). The van der Waals surface area contributed by atoms with E-state index >= 15 is 0 Å². The Morgan fingerprint density at radius 2 is 2.12 bits per heavy atom. The molecule has 0 bridgehead atoms. The number of nitrogens with one attached hydrogen (secondary N) is 1. The Morgan fingerprint density at radius 1 is 1.47 bits per heavy atom. The van der Waals surface area contributed by atoms with Gasteiger partial charge in [-0.25, -0.2) is 0 Å². The lowest BCUT2D eigenvalue weighted by Crippen LogP contribution is -2.36. The van der Waals surface area contributed by atoms with E-state index in [2.05, 4.69) is 5.32 Å². The summed E-state index contributed by atoms with van der Waals surface area (Å²) in [5.74, 6) is -0.502. The van der Waals surface area contributed by atoms with Crippen molar-refractivity contribution in [2.75, 3.05) is 5.32 Å². The average Bonchev–Trinajstić information content (AvgIpc) is 2.64. The van der Waals surface area contributed by atoms with E-state index in [9.17, 15) is 9.59 Å². The zero-order chi connectivity index (χ0) is 13.0. The van der Waals surface area contributed by atoms with Crippen molar-refractivity contribution >= 4 is 28.2 Å². The molecule has 1 atom stereocenters. The Kier molecular flexibility index (Phi) is 4.65. The first-order valence-corrected chi connectivity index (χ1v) is 6.23. The zero-order valence-corrected chi connectivity index (χ0v) is 10.7. The summed E-state index contributed by atoms with van der Waals surface area (Å²) in [5.41, 5.74) is 11.2. The van der Waals surface area contributed by atoms with E-state index in [1.165, 1.54) is 11.3 Å². The number of amides is 2. The molecular formula is C11H17N3O2S. The fourth-order valence-corrected chi connectivity index (χ4v) is 2.21. The topological polar surface area (TPSA) is 98.2 Å². The Morgan fingerprint density at radius 3 is 2.65 bits per heavy atom. The summed E-state index contributed by atoms with van der Waals surface area (Å²) in [6.45, 7) is 3.99. The van der Waals surface area contributed by atoms with Gasteiger partial charge < -0.3 is 16.8 Å². The number of thiophene rings is 1. The summed E-state index contributed by atoms with van der Waals surface area (Å²) in [5, 5.41) is 4.79. The standard InChI is InChI=1S/C11H17N3O2S/c1-6(2)5-8(12)10(16)14-11-7(9(13)15)3-4-17-11/h3-4,6,8H,5,12H2,1-2H3,(H2,13,15)(H,14,16)/t8-/m1/s1. The van der Waals surface area contributed by atoms with Gasteiger partial charge >= 0.3 is 0 Å². The fraction of sp³-hybridized carbons (Fsp3) is 0.455. The third kappa shape index (κ3) is 3.83. The SMILES string of the molecule is CC(C)C[C@@H](N)C(=O)Nc1sccc1C(N)=O. The van der Waals surface area contributed by atoms with Crippen LogP contribution in [0.4, 0.5) is 5.00 Å². The second-order valence-corrected chi connectivity index (χ2v) is 5.17. The van der Waals surface area contributed by atoms with E-state index in [4.69, 9.17) is 11.5 Å². The molecule has 0 saturated carbocycles. The molecule has 0 fully saturated rings. The number of nitrogens with two attached hydrogens (primary N) is 2. The molecule has 0 aromatic carbocycles. The molecule has 94 valence electrons. The van der Waals surface area contributed by atoms with Gasteiger partial charge in [0, 0.05) is 0 Å². The lowest BCUT2D eigenvalue weighted by molar-refractivity contribution is -0.117. The minimum Gasteiger partial charge on any atom is -0.366 e. The summed E-state index contributed by atoms with van der Waals surface area (Å²) in [4.78, 5) is 22.8. The molecule has 5 N–H and O–H groups in total. The van der Waals surface area contributed by atoms with Gasteiger partial charge in [0.25, 0.3) is 5.91 Å². The van der Waals surface area contributed by atoms with Gasteiger partial charge in [-0.15, -0.1) is 11.3 Å². The van der Waals surface area contributed by atoms with Crippen LogP contribution in [-0.4, -0.2) is 17.9 Å². The van der Waals surface area contributed by atoms with Crippen LogP contribution in [0.2, 0.25) is 0 Å². The van der Waals surface area contributed by atoms with Crippen molar-refractivity contribution in [3.8, 4) is 0 Å². The van der Waals surface area contributed by atoms with Crippen LogP contribution in [-0.2, 0) is 4.79 Å². The molecule has 0 aliphatic heterocycles. The van der Waals surface area contributed by atoms with Crippen molar-refractivity contribution in [2.24, 2.45) is 17.4 Å². The number of primary amides is 1. The van der Waals surface area contributed by atoms with Crippen molar-refractivity contribution in [1.82, 2.24) is 0 Å². The van der Waals surface area contributed by atoms with Crippen molar-refractivity contribution in [1.29, 1.82) is 0 Å². The van der Waals surface area contributed by atoms with E-state index in [0.717, 1.165) is 0 Å². The Hall–Kier alpha value is -1.40. The van der Waals surface area contributed by atoms with Gasteiger partial charge in [-0.1, -0.05) is 13.8 Å². The smallest absolute Gasteiger partial charge is 0.251 e. The lowest BCUT2D eigenvalue weighted by Gasteiger charge is -2.13. The normalized spacial score (nSPS) is 12.5. The number of hydrogen-bond acceptors (Lipinski definition) is 4.